The summed E-state index contributed by atoms with van der Waals surface area (Å²) in [5.74, 6) is -0.764. The predicted octanol–water partition coefficient (Wildman–Crippen LogP) is -8.34. The van der Waals surface area contributed by atoms with Gasteiger partial charge >= 0.3 is 0 Å². The molecule has 4 fully saturated rings. The number of rotatable bonds is 9. The summed E-state index contributed by atoms with van der Waals surface area (Å²) in [5.41, 5.74) is 29.8. The van der Waals surface area contributed by atoms with Crippen molar-refractivity contribution in [2.75, 3.05) is 13.2 Å². The fraction of sp³-hybridized carbons (Fsp3) is 0.958. The number of carbonyl (C=O) groups excluding carboxylic acids is 1. The van der Waals surface area contributed by atoms with Crippen LogP contribution in [0.15, 0.2) is 0 Å². The van der Waals surface area contributed by atoms with Gasteiger partial charge in [-0.1, -0.05) is 0 Å². The fourth-order valence-electron chi connectivity index (χ4n) is 5.85. The Morgan fingerprint density at radius 3 is 2.16 bits per heavy atom. The first-order valence-corrected chi connectivity index (χ1v) is 14.3. The van der Waals surface area contributed by atoms with Crippen molar-refractivity contribution < 1.29 is 64.2 Å². The van der Waals surface area contributed by atoms with Gasteiger partial charge < -0.3 is 93.4 Å². The molecule has 2 unspecified atom stereocenters. The Morgan fingerprint density at radius 1 is 0.814 bits per heavy atom. The van der Waals surface area contributed by atoms with Crippen LogP contribution in [-0.2, 0) is 28.5 Å². The molecule has 1 saturated carbocycles. The van der Waals surface area contributed by atoms with Gasteiger partial charge in [0.05, 0.1) is 36.9 Å². The van der Waals surface area contributed by atoms with Crippen molar-refractivity contribution in [1.29, 1.82) is 0 Å². The Labute approximate surface area is 247 Å². The largest absolute Gasteiger partial charge is 0.394 e. The minimum atomic E-state index is -1.60. The summed E-state index contributed by atoms with van der Waals surface area (Å²) >= 11 is 0. The number of carbonyl (C=O) groups is 1. The Kier molecular flexibility index (Phi) is 11.7. The summed E-state index contributed by atoms with van der Waals surface area (Å²) in [5, 5.41) is 74.8. The van der Waals surface area contributed by atoms with Gasteiger partial charge in [-0.2, -0.15) is 0 Å². The minimum absolute atomic E-state index is 0.0124. The van der Waals surface area contributed by atoms with Crippen LogP contribution in [0.3, 0.4) is 0 Å². The van der Waals surface area contributed by atoms with Gasteiger partial charge in [-0.05, 0) is 25.8 Å². The summed E-state index contributed by atoms with van der Waals surface area (Å²) in [7, 11) is 0. The van der Waals surface area contributed by atoms with E-state index in [1.165, 1.54) is 0 Å². The number of hydrogen-bond acceptors (Lipinski definition) is 18. The average molecular weight is 627 g/mol. The highest BCUT2D eigenvalue weighted by atomic mass is 16.8. The molecule has 1 aliphatic carbocycles. The molecule has 0 aromatic rings. The Balaban J connectivity index is 1.36. The third-order valence-electron chi connectivity index (χ3n) is 8.48. The summed E-state index contributed by atoms with van der Waals surface area (Å²) in [6.45, 7) is -0.479. The van der Waals surface area contributed by atoms with Crippen molar-refractivity contribution in [3.05, 3.63) is 0 Å². The number of nitrogens with two attached hydrogens (primary N) is 5. The first-order chi connectivity index (χ1) is 20.3. The molecule has 250 valence electrons. The molecule has 4 rings (SSSR count). The molecule has 3 aliphatic heterocycles. The van der Waals surface area contributed by atoms with Crippen LogP contribution >= 0.6 is 0 Å². The van der Waals surface area contributed by atoms with Crippen LogP contribution in [0.5, 0.6) is 0 Å². The summed E-state index contributed by atoms with van der Waals surface area (Å²) in [6, 6.07) is -5.07. The molecule has 0 radical (unpaired) electrons. The maximum absolute atomic E-state index is 12.2. The van der Waals surface area contributed by atoms with Crippen LogP contribution in [0.25, 0.3) is 0 Å². The zero-order valence-electron chi connectivity index (χ0n) is 23.4. The lowest BCUT2D eigenvalue weighted by Crippen LogP contribution is -2.70. The van der Waals surface area contributed by atoms with Crippen molar-refractivity contribution in [2.24, 2.45) is 28.7 Å². The SMILES string of the molecule is NCCC(O)C(=O)N[C@@H]1C[C@H](N)[C@@H](O[C@H]2O[C@H]3C(C[C@H]2N)O[C@H](O[C@H]2O[C@H](CO)[C@@H](N)[C@H](O)[C@H]2O)[C@@H](N)[C@H]3O)[C@H](O)[C@H]1O. The number of fused-ring (bicyclic) bond motifs is 1. The van der Waals surface area contributed by atoms with Crippen molar-refractivity contribution in [3.8, 4) is 0 Å². The van der Waals surface area contributed by atoms with Crippen LogP contribution in [0.1, 0.15) is 19.3 Å². The smallest absolute Gasteiger partial charge is 0.249 e. The second kappa shape index (κ2) is 14.5. The number of hydrogen-bond donors (Lipinski definition) is 13. The van der Waals surface area contributed by atoms with E-state index in [-0.39, 0.29) is 25.8 Å². The predicted molar refractivity (Wildman–Crippen MR) is 142 cm³/mol. The van der Waals surface area contributed by atoms with Crippen LogP contribution in [0.4, 0.5) is 0 Å². The van der Waals surface area contributed by atoms with Gasteiger partial charge in [-0.25, -0.2) is 0 Å². The number of ether oxygens (including phenoxy) is 5. The number of aliphatic hydroxyl groups is 7. The van der Waals surface area contributed by atoms with E-state index >= 15 is 0 Å². The molecule has 0 aromatic carbocycles. The number of aliphatic hydroxyl groups excluding tert-OH is 7. The zero-order valence-corrected chi connectivity index (χ0v) is 23.4. The van der Waals surface area contributed by atoms with E-state index in [1.54, 1.807) is 0 Å². The number of nitrogens with one attached hydrogen (secondary N) is 1. The van der Waals surface area contributed by atoms with Crippen molar-refractivity contribution in [3.63, 3.8) is 0 Å². The first kappa shape index (κ1) is 34.7. The molecule has 0 spiro atoms. The molecule has 1 amide bonds. The average Bonchev–Trinajstić information content (AvgIpc) is 2.97. The zero-order chi connectivity index (χ0) is 31.7. The van der Waals surface area contributed by atoms with Crippen molar-refractivity contribution in [2.45, 2.75) is 129 Å². The summed E-state index contributed by atoms with van der Waals surface area (Å²) in [4.78, 5) is 12.2. The lowest BCUT2D eigenvalue weighted by molar-refractivity contribution is -0.371. The summed E-state index contributed by atoms with van der Waals surface area (Å²) in [6.07, 6.45) is -17.1. The van der Waals surface area contributed by atoms with Crippen LogP contribution in [0.2, 0.25) is 0 Å². The standard InChI is InChI=1S/C24H46N6O13/c25-2-1-9(32)21(38)30-8-3-6(26)19(17(36)14(8)33)41-22-7(27)4-10-20(42-22)16(35)13(29)23(39-10)43-24-18(37)15(34)12(28)11(5-31)40-24/h6-20,22-24,31-37H,1-5,25-29H2,(H,30,38)/t6-,7+,8+,9?,10?,11+,12+,13-,14-,15-,16+,17+,18+,19+,20-,22-,23+,24+/m0/s1. The third-order valence-corrected chi connectivity index (χ3v) is 8.48. The molecule has 19 nitrogen and oxygen atoms in total. The molecule has 43 heavy (non-hydrogen) atoms. The summed E-state index contributed by atoms with van der Waals surface area (Å²) < 4.78 is 28.8. The molecular weight excluding hydrogens is 580 g/mol. The molecule has 0 aromatic heterocycles. The van der Waals surface area contributed by atoms with Gasteiger partial charge in [-0.15, -0.1) is 0 Å². The van der Waals surface area contributed by atoms with Crippen LogP contribution < -0.4 is 34.0 Å². The minimum Gasteiger partial charge on any atom is -0.394 e. The second-order valence-electron chi connectivity index (χ2n) is 11.6. The van der Waals surface area contributed by atoms with Gasteiger partial charge in [0.2, 0.25) is 5.91 Å². The van der Waals surface area contributed by atoms with Gasteiger partial charge in [0.1, 0.15) is 54.9 Å². The van der Waals surface area contributed by atoms with Gasteiger partial charge in [0, 0.05) is 6.04 Å². The van der Waals surface area contributed by atoms with E-state index < -0.39 is 123 Å². The van der Waals surface area contributed by atoms with Crippen molar-refractivity contribution in [1.82, 2.24) is 5.32 Å². The molecule has 3 heterocycles. The van der Waals surface area contributed by atoms with E-state index in [1.807, 2.05) is 0 Å². The lowest BCUT2D eigenvalue weighted by Gasteiger charge is -2.51. The maximum Gasteiger partial charge on any atom is 0.249 e. The number of amides is 1. The first-order valence-electron chi connectivity index (χ1n) is 14.3. The molecule has 3 saturated heterocycles. The Morgan fingerprint density at radius 2 is 1.51 bits per heavy atom. The molecular formula is C24H46N6O13. The monoisotopic (exact) mass is 626 g/mol. The highest BCUT2D eigenvalue weighted by Crippen LogP contribution is 2.35. The highest BCUT2D eigenvalue weighted by Gasteiger charge is 2.54. The maximum atomic E-state index is 12.2. The van der Waals surface area contributed by atoms with Gasteiger partial charge in [-0.3, -0.25) is 4.79 Å². The molecule has 0 bridgehead atoms. The molecule has 19 heteroatoms. The van der Waals surface area contributed by atoms with E-state index in [0.717, 1.165) is 0 Å². The van der Waals surface area contributed by atoms with Crippen LogP contribution in [-0.4, -0.2) is 165 Å². The Hall–Kier alpha value is -1.21. The quantitative estimate of drug-likeness (QED) is 0.113. The van der Waals surface area contributed by atoms with E-state index in [0.29, 0.717) is 0 Å². The van der Waals surface area contributed by atoms with Crippen molar-refractivity contribution >= 4 is 5.91 Å². The van der Waals surface area contributed by atoms with E-state index in [9.17, 15) is 40.5 Å². The van der Waals surface area contributed by atoms with Crippen LogP contribution in [0, 0.1) is 0 Å². The normalized spacial score (nSPS) is 49.6. The van der Waals surface area contributed by atoms with E-state index in [4.69, 9.17) is 52.4 Å². The van der Waals surface area contributed by atoms with E-state index in [2.05, 4.69) is 5.32 Å². The lowest BCUT2D eigenvalue weighted by atomic mass is 9.83. The Bertz CT molecular complexity index is 927. The third kappa shape index (κ3) is 7.28. The molecule has 4 aliphatic rings. The fourth-order valence-corrected chi connectivity index (χ4v) is 5.85. The van der Waals surface area contributed by atoms with Gasteiger partial charge in [0.15, 0.2) is 18.9 Å². The second-order valence-corrected chi connectivity index (χ2v) is 11.6. The molecule has 18 N–H and O–H groups in total. The molecule has 18 atom stereocenters. The highest BCUT2D eigenvalue weighted by molar-refractivity contribution is 5.80. The topological polar surface area (TPSA) is 347 Å². The van der Waals surface area contributed by atoms with Gasteiger partial charge in [0.25, 0.3) is 0 Å².